The number of rotatable bonds is 5. The zero-order chi connectivity index (χ0) is 11.5. The minimum Gasteiger partial charge on any atom is -0.468 e. The normalized spacial score (nSPS) is 19.1. The van der Waals surface area contributed by atoms with Gasteiger partial charge in [0.15, 0.2) is 0 Å². The van der Waals surface area contributed by atoms with Gasteiger partial charge in [0.25, 0.3) is 0 Å². The van der Waals surface area contributed by atoms with E-state index >= 15 is 0 Å². The standard InChI is InChI=1S/C12H18N2O2/c1-8(11-4-3-7-16-11)13-9(2)12(15)14-10-5-6-10/h3-4,7-10,13H,5-6H2,1-2H3,(H,14,15)/t8-,9?/m1/s1. The molecule has 1 amide bonds. The summed E-state index contributed by atoms with van der Waals surface area (Å²) in [5.41, 5.74) is 0. The molecule has 1 aromatic heterocycles. The van der Waals surface area contributed by atoms with Gasteiger partial charge in [-0.25, -0.2) is 0 Å². The number of carbonyl (C=O) groups excluding carboxylic acids is 1. The molecule has 2 rings (SSSR count). The Balaban J connectivity index is 1.81. The number of hydrogen-bond donors (Lipinski definition) is 2. The molecule has 16 heavy (non-hydrogen) atoms. The maximum absolute atomic E-state index is 11.7. The van der Waals surface area contributed by atoms with Crippen molar-refractivity contribution in [1.82, 2.24) is 10.6 Å². The number of furan rings is 1. The van der Waals surface area contributed by atoms with E-state index < -0.39 is 0 Å². The Kier molecular flexibility index (Phi) is 3.29. The Labute approximate surface area is 95.4 Å². The summed E-state index contributed by atoms with van der Waals surface area (Å²) in [7, 11) is 0. The van der Waals surface area contributed by atoms with E-state index in [0.29, 0.717) is 6.04 Å². The highest BCUT2D eigenvalue weighted by molar-refractivity contribution is 5.81. The number of hydrogen-bond acceptors (Lipinski definition) is 3. The van der Waals surface area contributed by atoms with Crippen molar-refractivity contribution in [3.05, 3.63) is 24.2 Å². The van der Waals surface area contributed by atoms with Crippen molar-refractivity contribution in [2.45, 2.75) is 44.8 Å². The van der Waals surface area contributed by atoms with Gasteiger partial charge < -0.3 is 9.73 Å². The fraction of sp³-hybridized carbons (Fsp3) is 0.583. The first-order valence-corrected chi connectivity index (χ1v) is 5.76. The maximum Gasteiger partial charge on any atom is 0.237 e. The van der Waals surface area contributed by atoms with Crippen molar-refractivity contribution in [2.75, 3.05) is 0 Å². The summed E-state index contributed by atoms with van der Waals surface area (Å²) in [6.45, 7) is 3.86. The molecule has 1 heterocycles. The van der Waals surface area contributed by atoms with Crippen LogP contribution in [0, 0.1) is 0 Å². The molecule has 1 unspecified atom stereocenters. The van der Waals surface area contributed by atoms with Crippen LogP contribution in [-0.2, 0) is 4.79 Å². The van der Waals surface area contributed by atoms with Gasteiger partial charge in [-0.2, -0.15) is 0 Å². The molecule has 2 atom stereocenters. The lowest BCUT2D eigenvalue weighted by atomic mass is 10.2. The van der Waals surface area contributed by atoms with Crippen LogP contribution < -0.4 is 10.6 Å². The van der Waals surface area contributed by atoms with E-state index in [4.69, 9.17) is 4.42 Å². The van der Waals surface area contributed by atoms with Gasteiger partial charge in [0.2, 0.25) is 5.91 Å². The number of carbonyl (C=O) groups is 1. The predicted molar refractivity (Wildman–Crippen MR) is 60.9 cm³/mol. The maximum atomic E-state index is 11.7. The van der Waals surface area contributed by atoms with Crippen LogP contribution in [0.25, 0.3) is 0 Å². The van der Waals surface area contributed by atoms with Crippen molar-refractivity contribution in [1.29, 1.82) is 0 Å². The molecule has 0 bridgehead atoms. The van der Waals surface area contributed by atoms with E-state index in [1.54, 1.807) is 6.26 Å². The number of nitrogens with one attached hydrogen (secondary N) is 2. The smallest absolute Gasteiger partial charge is 0.237 e. The van der Waals surface area contributed by atoms with E-state index in [-0.39, 0.29) is 18.0 Å². The summed E-state index contributed by atoms with van der Waals surface area (Å²) < 4.78 is 5.28. The van der Waals surface area contributed by atoms with Crippen LogP contribution in [-0.4, -0.2) is 18.0 Å². The molecule has 4 heteroatoms. The molecule has 1 saturated carbocycles. The molecule has 0 radical (unpaired) electrons. The Morgan fingerprint density at radius 1 is 1.50 bits per heavy atom. The lowest BCUT2D eigenvalue weighted by molar-refractivity contribution is -0.123. The molecule has 0 spiro atoms. The van der Waals surface area contributed by atoms with Crippen LogP contribution in [0.15, 0.2) is 22.8 Å². The van der Waals surface area contributed by atoms with Crippen LogP contribution in [0.1, 0.15) is 38.5 Å². The van der Waals surface area contributed by atoms with Gasteiger partial charge in [0.05, 0.1) is 18.3 Å². The largest absolute Gasteiger partial charge is 0.468 e. The van der Waals surface area contributed by atoms with Gasteiger partial charge in [-0.05, 0) is 38.8 Å². The lowest BCUT2D eigenvalue weighted by Gasteiger charge is -2.17. The van der Waals surface area contributed by atoms with Crippen molar-refractivity contribution >= 4 is 5.91 Å². The second kappa shape index (κ2) is 4.70. The summed E-state index contributed by atoms with van der Waals surface area (Å²) >= 11 is 0. The van der Waals surface area contributed by atoms with E-state index in [9.17, 15) is 4.79 Å². The van der Waals surface area contributed by atoms with Crippen LogP contribution in [0.3, 0.4) is 0 Å². The molecule has 2 N–H and O–H groups in total. The molecule has 0 saturated heterocycles. The number of amides is 1. The third kappa shape index (κ3) is 2.85. The Hall–Kier alpha value is -1.29. The molecule has 4 nitrogen and oxygen atoms in total. The first-order valence-electron chi connectivity index (χ1n) is 5.76. The van der Waals surface area contributed by atoms with Crippen molar-refractivity contribution < 1.29 is 9.21 Å². The van der Waals surface area contributed by atoms with Crippen LogP contribution in [0.4, 0.5) is 0 Å². The van der Waals surface area contributed by atoms with Gasteiger partial charge in [0.1, 0.15) is 5.76 Å². The fourth-order valence-electron chi connectivity index (χ4n) is 1.62. The fourth-order valence-corrected chi connectivity index (χ4v) is 1.62. The van der Waals surface area contributed by atoms with Crippen LogP contribution in [0.5, 0.6) is 0 Å². The molecular formula is C12H18N2O2. The average Bonchev–Trinajstić information content (AvgIpc) is 2.89. The zero-order valence-corrected chi connectivity index (χ0v) is 9.69. The van der Waals surface area contributed by atoms with Crippen molar-refractivity contribution in [3.8, 4) is 0 Å². The van der Waals surface area contributed by atoms with Crippen molar-refractivity contribution in [2.24, 2.45) is 0 Å². The summed E-state index contributed by atoms with van der Waals surface area (Å²) in [5.74, 6) is 0.923. The molecule has 1 fully saturated rings. The second-order valence-corrected chi connectivity index (χ2v) is 4.41. The zero-order valence-electron chi connectivity index (χ0n) is 9.69. The first kappa shape index (κ1) is 11.2. The average molecular weight is 222 g/mol. The van der Waals surface area contributed by atoms with Gasteiger partial charge in [-0.3, -0.25) is 10.1 Å². The summed E-state index contributed by atoms with van der Waals surface area (Å²) in [5, 5.41) is 6.18. The SMILES string of the molecule is CC(N[C@H](C)c1ccco1)C(=O)NC1CC1. The van der Waals surface area contributed by atoms with Crippen LogP contribution in [0.2, 0.25) is 0 Å². The third-order valence-corrected chi connectivity index (χ3v) is 2.79. The van der Waals surface area contributed by atoms with E-state index in [2.05, 4.69) is 10.6 Å². The molecular weight excluding hydrogens is 204 g/mol. The first-order chi connectivity index (χ1) is 7.66. The lowest BCUT2D eigenvalue weighted by Crippen LogP contribution is -2.43. The predicted octanol–water partition coefficient (Wildman–Crippen LogP) is 1.60. The molecule has 1 aliphatic rings. The minimum absolute atomic E-state index is 0.0509. The quantitative estimate of drug-likeness (QED) is 0.795. The second-order valence-electron chi connectivity index (χ2n) is 4.41. The summed E-state index contributed by atoms with van der Waals surface area (Å²) in [4.78, 5) is 11.7. The highest BCUT2D eigenvalue weighted by atomic mass is 16.3. The van der Waals surface area contributed by atoms with E-state index in [0.717, 1.165) is 18.6 Å². The topological polar surface area (TPSA) is 54.3 Å². The summed E-state index contributed by atoms with van der Waals surface area (Å²) in [6.07, 6.45) is 3.88. The van der Waals surface area contributed by atoms with Gasteiger partial charge in [0, 0.05) is 6.04 Å². The molecule has 0 aromatic carbocycles. The van der Waals surface area contributed by atoms with Crippen LogP contribution >= 0.6 is 0 Å². The Morgan fingerprint density at radius 3 is 2.81 bits per heavy atom. The Bertz CT molecular complexity index is 344. The van der Waals surface area contributed by atoms with E-state index in [1.807, 2.05) is 26.0 Å². The molecule has 1 aromatic rings. The van der Waals surface area contributed by atoms with Gasteiger partial charge in [-0.15, -0.1) is 0 Å². The van der Waals surface area contributed by atoms with Gasteiger partial charge in [-0.1, -0.05) is 0 Å². The summed E-state index contributed by atoms with van der Waals surface area (Å²) in [6, 6.07) is 4.03. The third-order valence-electron chi connectivity index (χ3n) is 2.79. The highest BCUT2D eigenvalue weighted by Gasteiger charge is 2.26. The minimum atomic E-state index is -0.194. The molecule has 88 valence electrons. The highest BCUT2D eigenvalue weighted by Crippen LogP contribution is 2.19. The van der Waals surface area contributed by atoms with Crippen molar-refractivity contribution in [3.63, 3.8) is 0 Å². The van der Waals surface area contributed by atoms with E-state index in [1.165, 1.54) is 0 Å². The van der Waals surface area contributed by atoms with Gasteiger partial charge >= 0.3 is 0 Å². The Morgan fingerprint density at radius 2 is 2.25 bits per heavy atom. The monoisotopic (exact) mass is 222 g/mol. The molecule has 1 aliphatic carbocycles. The molecule has 0 aliphatic heterocycles.